The number of ether oxygens (including phenoxy) is 5. The second-order valence-corrected chi connectivity index (χ2v) is 5.19. The van der Waals surface area contributed by atoms with Gasteiger partial charge in [0.05, 0.1) is 19.1 Å². The van der Waals surface area contributed by atoms with Crippen molar-refractivity contribution < 1.29 is 33.3 Å². The summed E-state index contributed by atoms with van der Waals surface area (Å²) in [6.45, 7) is 5.14. The van der Waals surface area contributed by atoms with E-state index in [0.717, 1.165) is 0 Å². The van der Waals surface area contributed by atoms with Crippen molar-refractivity contribution in [1.82, 2.24) is 0 Å². The van der Waals surface area contributed by atoms with Crippen molar-refractivity contribution in [3.8, 4) is 0 Å². The van der Waals surface area contributed by atoms with Gasteiger partial charge in [-0.25, -0.2) is 4.79 Å². The molecule has 2 heterocycles. The highest BCUT2D eigenvalue weighted by Gasteiger charge is 2.59. The summed E-state index contributed by atoms with van der Waals surface area (Å²) < 4.78 is 26.3. The number of hydrogen-bond donors (Lipinski definition) is 0. The number of rotatable bonds is 6. The second kappa shape index (κ2) is 6.55. The van der Waals surface area contributed by atoms with Crippen LogP contribution in [0.2, 0.25) is 0 Å². The molecule has 7 heteroatoms. The van der Waals surface area contributed by atoms with E-state index in [0.29, 0.717) is 12.0 Å². The average molecular weight is 300 g/mol. The molecular weight excluding hydrogens is 280 g/mol. The minimum absolute atomic E-state index is 0.0201. The molecule has 21 heavy (non-hydrogen) atoms. The number of carbonyl (C=O) groups is 2. The first-order chi connectivity index (χ1) is 9.99. The standard InChI is InChI=1S/C14H20O7/c1-7(2)13(15)21-11-9-5-8(14(16)18-4)10(20-9)12(11)19-6-17-3/h8-12H,1,5-6H2,2-4H3. The van der Waals surface area contributed by atoms with E-state index in [4.69, 9.17) is 23.7 Å². The third kappa shape index (κ3) is 3.09. The van der Waals surface area contributed by atoms with E-state index >= 15 is 0 Å². The average Bonchev–Trinajstić information content (AvgIpc) is 3.02. The summed E-state index contributed by atoms with van der Waals surface area (Å²) in [6.07, 6.45) is -1.57. The van der Waals surface area contributed by atoms with Gasteiger partial charge in [0, 0.05) is 12.7 Å². The third-order valence-corrected chi connectivity index (χ3v) is 3.70. The van der Waals surface area contributed by atoms with Gasteiger partial charge in [-0.05, 0) is 13.3 Å². The fourth-order valence-corrected chi connectivity index (χ4v) is 2.74. The van der Waals surface area contributed by atoms with Crippen LogP contribution in [0.25, 0.3) is 0 Å². The van der Waals surface area contributed by atoms with Crippen molar-refractivity contribution in [2.24, 2.45) is 5.92 Å². The van der Waals surface area contributed by atoms with Gasteiger partial charge in [-0.1, -0.05) is 6.58 Å². The van der Waals surface area contributed by atoms with Crippen molar-refractivity contribution >= 4 is 11.9 Å². The SMILES string of the molecule is C=C(C)C(=O)OC1C2CC(C(=O)OC)C(O2)C1OCOC. The maximum absolute atomic E-state index is 11.7. The summed E-state index contributed by atoms with van der Waals surface area (Å²) in [5, 5.41) is 0. The molecule has 7 nitrogen and oxygen atoms in total. The lowest BCUT2D eigenvalue weighted by molar-refractivity contribution is -0.168. The first-order valence-corrected chi connectivity index (χ1v) is 6.70. The van der Waals surface area contributed by atoms with Gasteiger partial charge in [-0.2, -0.15) is 0 Å². The third-order valence-electron chi connectivity index (χ3n) is 3.70. The van der Waals surface area contributed by atoms with Crippen LogP contribution in [0.15, 0.2) is 12.2 Å². The topological polar surface area (TPSA) is 80.3 Å². The second-order valence-electron chi connectivity index (χ2n) is 5.19. The van der Waals surface area contributed by atoms with Crippen LogP contribution >= 0.6 is 0 Å². The summed E-state index contributed by atoms with van der Waals surface area (Å²) in [7, 11) is 2.82. The maximum Gasteiger partial charge on any atom is 0.333 e. The Kier molecular flexibility index (Phi) is 4.97. The highest BCUT2D eigenvalue weighted by Crippen LogP contribution is 2.43. The minimum Gasteiger partial charge on any atom is -0.469 e. The lowest BCUT2D eigenvalue weighted by Gasteiger charge is -2.30. The van der Waals surface area contributed by atoms with Crippen LogP contribution in [0.1, 0.15) is 13.3 Å². The zero-order valence-corrected chi connectivity index (χ0v) is 12.4. The molecule has 5 atom stereocenters. The Morgan fingerprint density at radius 3 is 2.57 bits per heavy atom. The number of hydrogen-bond acceptors (Lipinski definition) is 7. The van der Waals surface area contributed by atoms with E-state index < -0.39 is 30.2 Å². The molecule has 2 saturated heterocycles. The van der Waals surface area contributed by atoms with Gasteiger partial charge in [0.25, 0.3) is 0 Å². The number of fused-ring (bicyclic) bond motifs is 2. The highest BCUT2D eigenvalue weighted by molar-refractivity contribution is 5.87. The van der Waals surface area contributed by atoms with E-state index in [1.165, 1.54) is 14.2 Å². The lowest BCUT2D eigenvalue weighted by atomic mass is 9.85. The van der Waals surface area contributed by atoms with E-state index in [1.54, 1.807) is 6.92 Å². The monoisotopic (exact) mass is 300 g/mol. The Morgan fingerprint density at radius 1 is 1.29 bits per heavy atom. The van der Waals surface area contributed by atoms with Crippen LogP contribution in [-0.4, -0.2) is 57.4 Å². The molecule has 0 radical (unpaired) electrons. The Balaban J connectivity index is 2.10. The predicted molar refractivity (Wildman–Crippen MR) is 70.2 cm³/mol. The zero-order chi connectivity index (χ0) is 15.6. The van der Waals surface area contributed by atoms with Gasteiger partial charge in [0.15, 0.2) is 6.10 Å². The van der Waals surface area contributed by atoms with Gasteiger partial charge in [-0.3, -0.25) is 4.79 Å². The summed E-state index contributed by atoms with van der Waals surface area (Å²) in [5.74, 6) is -1.27. The van der Waals surface area contributed by atoms with Gasteiger partial charge >= 0.3 is 11.9 Å². The Morgan fingerprint density at radius 2 is 2.00 bits per heavy atom. The molecule has 0 aliphatic carbocycles. The molecule has 0 aromatic rings. The van der Waals surface area contributed by atoms with Gasteiger partial charge < -0.3 is 23.7 Å². The van der Waals surface area contributed by atoms with Gasteiger partial charge in [0.2, 0.25) is 0 Å². The smallest absolute Gasteiger partial charge is 0.333 e. The molecule has 0 amide bonds. The van der Waals surface area contributed by atoms with Crippen molar-refractivity contribution in [1.29, 1.82) is 0 Å². The molecule has 0 spiro atoms. The minimum atomic E-state index is -0.574. The molecule has 0 aromatic heterocycles. The van der Waals surface area contributed by atoms with E-state index in [2.05, 4.69) is 6.58 Å². The van der Waals surface area contributed by atoms with E-state index in [1.807, 2.05) is 0 Å². The van der Waals surface area contributed by atoms with Gasteiger partial charge in [-0.15, -0.1) is 0 Å². The summed E-state index contributed by atoms with van der Waals surface area (Å²) in [6, 6.07) is 0. The quantitative estimate of drug-likeness (QED) is 0.399. The molecule has 118 valence electrons. The van der Waals surface area contributed by atoms with Crippen molar-refractivity contribution in [3.63, 3.8) is 0 Å². The van der Waals surface area contributed by atoms with Crippen LogP contribution < -0.4 is 0 Å². The van der Waals surface area contributed by atoms with Crippen LogP contribution in [-0.2, 0) is 33.3 Å². The molecule has 0 N–H and O–H groups in total. The van der Waals surface area contributed by atoms with E-state index in [-0.39, 0.29) is 18.9 Å². The molecule has 2 bridgehead atoms. The molecule has 0 aromatic carbocycles. The molecule has 0 saturated carbocycles. The number of esters is 2. The first kappa shape index (κ1) is 15.9. The van der Waals surface area contributed by atoms with Crippen LogP contribution in [0.3, 0.4) is 0 Å². The maximum atomic E-state index is 11.7. The van der Waals surface area contributed by atoms with E-state index in [9.17, 15) is 9.59 Å². The summed E-state index contributed by atoms with van der Waals surface area (Å²) >= 11 is 0. The molecule has 2 aliphatic rings. The first-order valence-electron chi connectivity index (χ1n) is 6.70. The fourth-order valence-electron chi connectivity index (χ4n) is 2.74. The molecule has 2 aliphatic heterocycles. The fraction of sp³-hybridized carbons (Fsp3) is 0.714. The van der Waals surface area contributed by atoms with Crippen molar-refractivity contribution in [2.45, 2.75) is 37.8 Å². The number of carbonyl (C=O) groups excluding carboxylic acids is 2. The molecule has 2 rings (SSSR count). The zero-order valence-electron chi connectivity index (χ0n) is 12.4. The van der Waals surface area contributed by atoms with Gasteiger partial charge in [0.1, 0.15) is 19.0 Å². The largest absolute Gasteiger partial charge is 0.469 e. The Hall–Kier alpha value is -1.44. The molecular formula is C14H20O7. The molecule has 5 unspecified atom stereocenters. The summed E-state index contributed by atoms with van der Waals surface area (Å²) in [4.78, 5) is 23.5. The van der Waals surface area contributed by atoms with Crippen LogP contribution in [0.5, 0.6) is 0 Å². The van der Waals surface area contributed by atoms with Crippen LogP contribution in [0, 0.1) is 5.92 Å². The Bertz CT molecular complexity index is 433. The normalized spacial score (nSPS) is 33.8. The van der Waals surface area contributed by atoms with Crippen LogP contribution in [0.4, 0.5) is 0 Å². The van der Waals surface area contributed by atoms with Crippen molar-refractivity contribution in [3.05, 3.63) is 12.2 Å². The molecule has 2 fully saturated rings. The van der Waals surface area contributed by atoms with Crippen molar-refractivity contribution in [2.75, 3.05) is 21.0 Å². The summed E-state index contributed by atoms with van der Waals surface area (Å²) in [5.41, 5.74) is 0.299. The highest BCUT2D eigenvalue weighted by atomic mass is 16.7. The Labute approximate surface area is 123 Å². The number of methoxy groups -OCH3 is 2. The predicted octanol–water partition coefficient (Wildman–Crippen LogP) is 0.424. The lowest BCUT2D eigenvalue weighted by Crippen LogP contribution is -2.48.